The zero-order chi connectivity index (χ0) is 9.94. The van der Waals surface area contributed by atoms with Gasteiger partial charge in [0, 0.05) is 19.2 Å². The first-order chi connectivity index (χ1) is 6.27. The van der Waals surface area contributed by atoms with E-state index in [9.17, 15) is 0 Å². The molecule has 0 aromatic rings. The zero-order valence-corrected chi connectivity index (χ0v) is 8.92. The summed E-state index contributed by atoms with van der Waals surface area (Å²) in [5.74, 6) is 3.24. The van der Waals surface area contributed by atoms with Crippen LogP contribution in [0.1, 0.15) is 46.0 Å². The van der Waals surface area contributed by atoms with E-state index in [1.807, 2.05) is 6.21 Å². The van der Waals surface area contributed by atoms with Crippen LogP contribution >= 0.6 is 0 Å². The fourth-order valence-corrected chi connectivity index (χ4v) is 1.07. The summed E-state index contributed by atoms with van der Waals surface area (Å²) in [6, 6.07) is 0. The van der Waals surface area contributed by atoms with E-state index in [1.54, 1.807) is 0 Å². The summed E-state index contributed by atoms with van der Waals surface area (Å²) in [7, 11) is 0. The van der Waals surface area contributed by atoms with Crippen LogP contribution in [0.4, 0.5) is 0 Å². The normalized spacial score (nSPS) is 10.9. The molecule has 0 rings (SSSR count). The van der Waals surface area contributed by atoms with E-state index in [2.05, 4.69) is 24.8 Å². The average Bonchev–Trinajstić information content (AvgIpc) is 2.09. The monoisotopic (exact) mass is 179 g/mol. The van der Waals surface area contributed by atoms with Gasteiger partial charge in [0.25, 0.3) is 0 Å². The maximum atomic E-state index is 5.15. The summed E-state index contributed by atoms with van der Waals surface area (Å²) in [6.07, 6.45) is 13.0. The van der Waals surface area contributed by atoms with Crippen molar-refractivity contribution >= 4 is 6.21 Å². The Bertz CT molecular complexity index is 162. The second-order valence-electron chi connectivity index (χ2n) is 3.67. The number of nitrogens with zero attached hydrogens (tertiary/aromatic N) is 1. The van der Waals surface area contributed by atoms with Gasteiger partial charge < -0.3 is 0 Å². The quantitative estimate of drug-likeness (QED) is 0.323. The number of terminal acetylenes is 1. The minimum absolute atomic E-state index is 0.585. The summed E-state index contributed by atoms with van der Waals surface area (Å²) in [6.45, 7) is 5.28. The maximum absolute atomic E-state index is 5.15. The van der Waals surface area contributed by atoms with Gasteiger partial charge in [-0.2, -0.15) is 0 Å². The molecule has 0 bridgehead atoms. The minimum Gasteiger partial charge on any atom is -0.297 e. The summed E-state index contributed by atoms with van der Waals surface area (Å²) in [4.78, 5) is 4.32. The van der Waals surface area contributed by atoms with Crippen molar-refractivity contribution in [2.45, 2.75) is 46.0 Å². The highest BCUT2D eigenvalue weighted by Crippen LogP contribution is 2.02. The highest BCUT2D eigenvalue weighted by molar-refractivity contribution is 5.59. The first kappa shape index (κ1) is 12.2. The van der Waals surface area contributed by atoms with E-state index in [4.69, 9.17) is 6.42 Å². The molecule has 13 heavy (non-hydrogen) atoms. The second-order valence-corrected chi connectivity index (χ2v) is 3.67. The topological polar surface area (TPSA) is 12.4 Å². The molecule has 0 aliphatic carbocycles. The zero-order valence-electron chi connectivity index (χ0n) is 8.92. The lowest BCUT2D eigenvalue weighted by molar-refractivity contribution is 0.657. The molecule has 0 aliphatic rings. The SMILES string of the molecule is C#CCCCCCCN=CC(C)C. The molecule has 1 nitrogen and oxygen atoms in total. The third kappa shape index (κ3) is 11.2. The molecule has 0 N–H and O–H groups in total. The number of rotatable bonds is 7. The molecule has 0 fully saturated rings. The fraction of sp³-hybridized carbons (Fsp3) is 0.750. The lowest BCUT2D eigenvalue weighted by atomic mass is 10.1. The molecule has 0 unspecified atom stereocenters. The Morgan fingerprint density at radius 3 is 2.54 bits per heavy atom. The van der Waals surface area contributed by atoms with Gasteiger partial charge in [-0.15, -0.1) is 12.3 Å². The number of hydrogen-bond donors (Lipinski definition) is 0. The lowest BCUT2D eigenvalue weighted by Crippen LogP contribution is -1.89. The first-order valence-corrected chi connectivity index (χ1v) is 5.20. The van der Waals surface area contributed by atoms with Crippen molar-refractivity contribution in [2.75, 3.05) is 6.54 Å². The Balaban J connectivity index is 3.04. The molecule has 0 radical (unpaired) electrons. The van der Waals surface area contributed by atoms with Gasteiger partial charge in [-0.1, -0.05) is 26.7 Å². The Labute approximate surface area is 82.6 Å². The Morgan fingerprint density at radius 1 is 1.23 bits per heavy atom. The van der Waals surface area contributed by atoms with Gasteiger partial charge in [0.2, 0.25) is 0 Å². The van der Waals surface area contributed by atoms with E-state index < -0.39 is 0 Å². The maximum Gasteiger partial charge on any atom is 0.0385 e. The largest absolute Gasteiger partial charge is 0.297 e. The molecule has 0 amide bonds. The predicted octanol–water partition coefficient (Wildman–Crippen LogP) is 3.30. The van der Waals surface area contributed by atoms with Gasteiger partial charge in [-0.3, -0.25) is 4.99 Å². The lowest BCUT2D eigenvalue weighted by Gasteiger charge is -1.96. The smallest absolute Gasteiger partial charge is 0.0385 e. The molecule has 0 heterocycles. The van der Waals surface area contributed by atoms with Crippen LogP contribution in [0.25, 0.3) is 0 Å². The molecule has 1 heteroatoms. The molecule has 0 aromatic heterocycles. The van der Waals surface area contributed by atoms with Gasteiger partial charge in [-0.05, 0) is 18.8 Å². The van der Waals surface area contributed by atoms with Crippen molar-refractivity contribution in [3.8, 4) is 12.3 Å². The van der Waals surface area contributed by atoms with Crippen LogP contribution < -0.4 is 0 Å². The second kappa shape index (κ2) is 9.32. The van der Waals surface area contributed by atoms with Crippen molar-refractivity contribution in [2.24, 2.45) is 10.9 Å². The molecule has 0 aliphatic heterocycles. The van der Waals surface area contributed by atoms with Crippen LogP contribution in [-0.4, -0.2) is 12.8 Å². The molecular formula is C12H21N. The van der Waals surface area contributed by atoms with Crippen LogP contribution in [-0.2, 0) is 0 Å². The number of aliphatic imine (C=N–C) groups is 1. The van der Waals surface area contributed by atoms with Crippen molar-refractivity contribution < 1.29 is 0 Å². The molecule has 0 spiro atoms. The summed E-state index contributed by atoms with van der Waals surface area (Å²) in [5.41, 5.74) is 0. The van der Waals surface area contributed by atoms with Crippen molar-refractivity contribution in [1.29, 1.82) is 0 Å². The van der Waals surface area contributed by atoms with E-state index in [0.717, 1.165) is 13.0 Å². The highest BCUT2D eigenvalue weighted by Gasteiger charge is 1.88. The minimum atomic E-state index is 0.585. The van der Waals surface area contributed by atoms with Crippen LogP contribution in [0.15, 0.2) is 4.99 Å². The van der Waals surface area contributed by atoms with Crippen molar-refractivity contribution in [3.63, 3.8) is 0 Å². The van der Waals surface area contributed by atoms with Crippen LogP contribution in [0.3, 0.4) is 0 Å². The third-order valence-electron chi connectivity index (χ3n) is 1.76. The Hall–Kier alpha value is -0.770. The van der Waals surface area contributed by atoms with Gasteiger partial charge in [0.05, 0.1) is 0 Å². The Kier molecular flexibility index (Phi) is 8.77. The molecule has 0 atom stereocenters. The molecular weight excluding hydrogens is 158 g/mol. The number of hydrogen-bond acceptors (Lipinski definition) is 1. The van der Waals surface area contributed by atoms with Gasteiger partial charge in [0.1, 0.15) is 0 Å². The van der Waals surface area contributed by atoms with Gasteiger partial charge in [0.15, 0.2) is 0 Å². The first-order valence-electron chi connectivity index (χ1n) is 5.20. The molecule has 0 saturated heterocycles. The molecule has 0 saturated carbocycles. The Morgan fingerprint density at radius 2 is 1.92 bits per heavy atom. The van der Waals surface area contributed by atoms with Crippen LogP contribution in [0.2, 0.25) is 0 Å². The average molecular weight is 179 g/mol. The fourth-order valence-electron chi connectivity index (χ4n) is 1.07. The van der Waals surface area contributed by atoms with E-state index in [1.165, 1.54) is 25.7 Å². The third-order valence-corrected chi connectivity index (χ3v) is 1.76. The van der Waals surface area contributed by atoms with Crippen molar-refractivity contribution in [3.05, 3.63) is 0 Å². The summed E-state index contributed by atoms with van der Waals surface area (Å²) >= 11 is 0. The van der Waals surface area contributed by atoms with E-state index >= 15 is 0 Å². The standard InChI is InChI=1S/C12H21N/c1-4-5-6-7-8-9-10-13-11-12(2)3/h1,11-12H,5-10H2,2-3H3. The van der Waals surface area contributed by atoms with Gasteiger partial charge >= 0.3 is 0 Å². The van der Waals surface area contributed by atoms with Crippen LogP contribution in [0.5, 0.6) is 0 Å². The summed E-state index contributed by atoms with van der Waals surface area (Å²) < 4.78 is 0. The predicted molar refractivity (Wildman–Crippen MR) is 60.1 cm³/mol. The van der Waals surface area contributed by atoms with E-state index in [-0.39, 0.29) is 0 Å². The van der Waals surface area contributed by atoms with Crippen molar-refractivity contribution in [1.82, 2.24) is 0 Å². The molecule has 0 aromatic carbocycles. The summed E-state index contributed by atoms with van der Waals surface area (Å²) in [5, 5.41) is 0. The van der Waals surface area contributed by atoms with E-state index in [0.29, 0.717) is 5.92 Å². The highest BCUT2D eigenvalue weighted by atomic mass is 14.7. The van der Waals surface area contributed by atoms with Crippen LogP contribution in [0, 0.1) is 18.3 Å². The molecule has 74 valence electrons. The number of unbranched alkanes of at least 4 members (excludes halogenated alkanes) is 4. The van der Waals surface area contributed by atoms with Gasteiger partial charge in [-0.25, -0.2) is 0 Å².